The number of halogens is 1. The zero-order chi connectivity index (χ0) is 18.2. The van der Waals surface area contributed by atoms with Crippen LogP contribution in [0.5, 0.6) is 5.88 Å². The number of nitrogen functional groups attached to an aromatic ring is 1. The van der Waals surface area contributed by atoms with E-state index in [2.05, 4.69) is 9.97 Å². The van der Waals surface area contributed by atoms with Gasteiger partial charge in [0.2, 0.25) is 11.7 Å². The molecule has 2 aromatic rings. The van der Waals surface area contributed by atoms with E-state index in [0.717, 1.165) is 6.20 Å². The van der Waals surface area contributed by atoms with Crippen molar-refractivity contribution in [3.63, 3.8) is 0 Å². The van der Waals surface area contributed by atoms with Crippen LogP contribution >= 0.6 is 0 Å². The van der Waals surface area contributed by atoms with Crippen LogP contribution in [0, 0.1) is 15.9 Å². The van der Waals surface area contributed by atoms with Crippen molar-refractivity contribution in [3.8, 4) is 5.88 Å². The Morgan fingerprint density at radius 2 is 2.38 bits per heavy atom. The number of ether oxygens (including phenoxy) is 1. The molecule has 9 heteroatoms. The van der Waals surface area contributed by atoms with Crippen molar-refractivity contribution >= 4 is 17.3 Å². The summed E-state index contributed by atoms with van der Waals surface area (Å²) in [6.45, 7) is 0.466. The maximum Gasteiger partial charge on any atom is 0.311 e. The Bertz CT molecular complexity index is 837. The summed E-state index contributed by atoms with van der Waals surface area (Å²) in [4.78, 5) is 19.8. The highest BCUT2D eigenvalue weighted by molar-refractivity contribution is 5.59. The quantitative estimate of drug-likeness (QED) is 0.676. The van der Waals surface area contributed by atoms with Crippen LogP contribution in [0.4, 0.5) is 21.7 Å². The van der Waals surface area contributed by atoms with Gasteiger partial charge in [0.1, 0.15) is 11.6 Å². The van der Waals surface area contributed by atoms with E-state index >= 15 is 0 Å². The van der Waals surface area contributed by atoms with Crippen molar-refractivity contribution in [2.24, 2.45) is 0 Å². The van der Waals surface area contributed by atoms with Crippen LogP contribution in [-0.4, -0.2) is 28.5 Å². The second-order valence-corrected chi connectivity index (χ2v) is 5.24. The van der Waals surface area contributed by atoms with E-state index in [1.165, 1.54) is 25.3 Å². The number of nitrogens with zero attached hydrogens (tertiary/aromatic N) is 4. The van der Waals surface area contributed by atoms with Crippen molar-refractivity contribution in [3.05, 3.63) is 45.9 Å². The van der Waals surface area contributed by atoms with Gasteiger partial charge in [-0.25, -0.2) is 14.4 Å². The number of aromatic nitrogens is 2. The van der Waals surface area contributed by atoms with E-state index < -0.39 is 16.8 Å². The first-order chi connectivity index (χ1) is 11.9. The molecule has 0 radical (unpaired) electrons. The molecule has 1 aliphatic rings. The third-order valence-electron chi connectivity index (χ3n) is 3.80. The number of methoxy groups -OCH3 is 1. The minimum Gasteiger partial charge on any atom is -0.481 e. The molecular formula is C15H16FN5O3. The zero-order valence-electron chi connectivity index (χ0n) is 13.9. The molecule has 1 atom stereocenters. The lowest BCUT2D eigenvalue weighted by Gasteiger charge is -2.26. The molecule has 2 aromatic heterocycles. The number of nitrogens with two attached hydrogens (primary N) is 1. The van der Waals surface area contributed by atoms with Crippen molar-refractivity contribution in [2.75, 3.05) is 24.3 Å². The van der Waals surface area contributed by atoms with Crippen LogP contribution in [0.1, 0.15) is 25.8 Å². The SMILES string of the molecule is [2H]C1(c2cc(F)cnc2OC)CCCN1c1ccc([N+](=O)[O-])c(N)n1. The Labute approximate surface area is 138 Å². The van der Waals surface area contributed by atoms with Gasteiger partial charge in [0.05, 0.1) is 25.6 Å². The third-order valence-corrected chi connectivity index (χ3v) is 3.80. The highest BCUT2D eigenvalue weighted by atomic mass is 19.1. The van der Waals surface area contributed by atoms with E-state index in [1.807, 2.05) is 0 Å². The number of rotatable bonds is 4. The Balaban J connectivity index is 2.07. The maximum absolute atomic E-state index is 13.7. The molecule has 0 saturated carbocycles. The fourth-order valence-electron chi connectivity index (χ4n) is 2.77. The van der Waals surface area contributed by atoms with Crippen LogP contribution in [0.25, 0.3) is 0 Å². The van der Waals surface area contributed by atoms with Gasteiger partial charge in [-0.2, -0.15) is 0 Å². The van der Waals surface area contributed by atoms with Crippen LogP contribution in [0.15, 0.2) is 24.4 Å². The second-order valence-electron chi connectivity index (χ2n) is 5.24. The van der Waals surface area contributed by atoms with Gasteiger partial charge in [-0.3, -0.25) is 10.1 Å². The lowest BCUT2D eigenvalue weighted by atomic mass is 10.1. The van der Waals surface area contributed by atoms with Gasteiger partial charge in [0, 0.05) is 18.2 Å². The van der Waals surface area contributed by atoms with E-state index in [-0.39, 0.29) is 22.9 Å². The molecule has 8 nitrogen and oxygen atoms in total. The van der Waals surface area contributed by atoms with Gasteiger partial charge < -0.3 is 15.4 Å². The molecule has 1 fully saturated rings. The Morgan fingerprint density at radius 3 is 3.04 bits per heavy atom. The van der Waals surface area contributed by atoms with E-state index in [0.29, 0.717) is 25.2 Å². The molecule has 24 heavy (non-hydrogen) atoms. The van der Waals surface area contributed by atoms with Gasteiger partial charge in [-0.05, 0) is 25.0 Å². The fraction of sp³-hybridized carbons (Fsp3) is 0.333. The predicted octanol–water partition coefficient (Wildman–Crippen LogP) is 2.46. The average molecular weight is 334 g/mol. The molecule has 1 aliphatic heterocycles. The molecule has 0 amide bonds. The predicted molar refractivity (Wildman–Crippen MR) is 85.4 cm³/mol. The summed E-state index contributed by atoms with van der Waals surface area (Å²) in [6, 6.07) is 2.53. The molecule has 3 rings (SSSR count). The fourth-order valence-corrected chi connectivity index (χ4v) is 2.77. The number of pyridine rings is 2. The van der Waals surface area contributed by atoms with Crippen LogP contribution in [-0.2, 0) is 0 Å². The van der Waals surface area contributed by atoms with Gasteiger partial charge >= 0.3 is 5.69 Å². The van der Waals surface area contributed by atoms with Gasteiger partial charge in [-0.15, -0.1) is 0 Å². The van der Waals surface area contributed by atoms with Crippen molar-refractivity contribution in [2.45, 2.75) is 18.9 Å². The van der Waals surface area contributed by atoms with Crippen LogP contribution in [0.3, 0.4) is 0 Å². The number of nitro groups is 1. The normalized spacial score (nSPS) is 20.8. The third kappa shape index (κ3) is 2.80. The summed E-state index contributed by atoms with van der Waals surface area (Å²) in [5.41, 5.74) is 5.63. The lowest BCUT2D eigenvalue weighted by Crippen LogP contribution is -2.24. The minimum absolute atomic E-state index is 0.151. The van der Waals surface area contributed by atoms with Gasteiger partial charge in [-0.1, -0.05) is 0 Å². The molecule has 0 aliphatic carbocycles. The lowest BCUT2D eigenvalue weighted by molar-refractivity contribution is -0.384. The Morgan fingerprint density at radius 1 is 1.58 bits per heavy atom. The van der Waals surface area contributed by atoms with E-state index in [9.17, 15) is 14.5 Å². The smallest absolute Gasteiger partial charge is 0.311 e. The minimum atomic E-state index is -1.37. The first kappa shape index (κ1) is 14.6. The Hall–Kier alpha value is -2.97. The monoisotopic (exact) mass is 334 g/mol. The van der Waals surface area contributed by atoms with Crippen molar-refractivity contribution < 1.29 is 15.4 Å². The Kier molecular flexibility index (Phi) is 3.81. The average Bonchev–Trinajstić information content (AvgIpc) is 2.97. The van der Waals surface area contributed by atoms with Gasteiger partial charge in [0.15, 0.2) is 0 Å². The highest BCUT2D eigenvalue weighted by Crippen LogP contribution is 2.39. The topological polar surface area (TPSA) is 107 Å². The highest BCUT2D eigenvalue weighted by Gasteiger charge is 2.31. The largest absolute Gasteiger partial charge is 0.481 e. The zero-order valence-corrected chi connectivity index (χ0v) is 12.9. The second kappa shape index (κ2) is 6.26. The molecular weight excluding hydrogens is 317 g/mol. The summed E-state index contributed by atoms with van der Waals surface area (Å²) >= 11 is 0. The van der Waals surface area contributed by atoms with Crippen molar-refractivity contribution in [1.82, 2.24) is 9.97 Å². The molecule has 3 heterocycles. The number of anilines is 2. The van der Waals surface area contributed by atoms with Crippen LogP contribution in [0.2, 0.25) is 0 Å². The summed E-state index contributed by atoms with van der Waals surface area (Å²) in [5.74, 6) is -0.355. The molecule has 126 valence electrons. The molecule has 1 saturated heterocycles. The van der Waals surface area contributed by atoms with Crippen molar-refractivity contribution in [1.29, 1.82) is 0 Å². The summed E-state index contributed by atoms with van der Waals surface area (Å²) in [5, 5.41) is 10.9. The summed E-state index contributed by atoms with van der Waals surface area (Å²) < 4.78 is 27.8. The first-order valence-electron chi connectivity index (χ1n) is 7.75. The maximum atomic E-state index is 13.7. The standard InChI is InChI=1S/C15H16FN5O3/c1-24-15-10(7-9(16)8-18-15)11-3-2-6-20(11)13-5-4-12(21(22)23)14(17)19-13/h4-5,7-8,11H,2-3,6H2,1H3,(H2,17,19)/i11D. The van der Waals surface area contributed by atoms with Gasteiger partial charge in [0.25, 0.3) is 0 Å². The molecule has 0 aromatic carbocycles. The van der Waals surface area contributed by atoms with E-state index in [1.54, 1.807) is 4.90 Å². The molecule has 1 unspecified atom stereocenters. The summed E-state index contributed by atoms with van der Waals surface area (Å²) in [6.07, 6.45) is 2.07. The number of hydrogen-bond acceptors (Lipinski definition) is 7. The molecule has 2 N–H and O–H groups in total. The van der Waals surface area contributed by atoms with Crippen LogP contribution < -0.4 is 15.4 Å². The molecule has 0 spiro atoms. The number of hydrogen-bond donors (Lipinski definition) is 1. The summed E-state index contributed by atoms with van der Waals surface area (Å²) in [7, 11) is 1.40. The first-order valence-corrected chi connectivity index (χ1v) is 7.25. The van der Waals surface area contributed by atoms with E-state index in [4.69, 9.17) is 11.8 Å². The molecule has 0 bridgehead atoms.